The zero-order valence-electron chi connectivity index (χ0n) is 12.9. The number of nitrogens with zero attached hydrogens (tertiary/aromatic N) is 2. The molecule has 8 heteroatoms. The molecular formula is C15H22ClN3O3S. The third-order valence-electron chi connectivity index (χ3n) is 4.11. The van der Waals surface area contributed by atoms with E-state index in [-0.39, 0.29) is 30.3 Å². The molecule has 128 valence electrons. The van der Waals surface area contributed by atoms with E-state index in [4.69, 9.17) is 4.74 Å². The number of rotatable bonds is 3. The first kappa shape index (κ1) is 18.2. The summed E-state index contributed by atoms with van der Waals surface area (Å²) < 4.78 is 5.38. The number of halogens is 1. The topological polar surface area (TPSA) is 61.9 Å². The molecule has 3 rings (SSSR count). The average molecular weight is 360 g/mol. The molecule has 2 amide bonds. The lowest BCUT2D eigenvalue weighted by Gasteiger charge is -2.35. The number of morpholine rings is 1. The lowest BCUT2D eigenvalue weighted by atomic mass is 10.1. The van der Waals surface area contributed by atoms with Crippen LogP contribution in [0, 0.1) is 0 Å². The molecule has 0 bridgehead atoms. The van der Waals surface area contributed by atoms with Crippen molar-refractivity contribution < 1.29 is 14.3 Å². The second-order valence-electron chi connectivity index (χ2n) is 5.62. The Morgan fingerprint density at radius 1 is 1.26 bits per heavy atom. The van der Waals surface area contributed by atoms with Crippen LogP contribution < -0.4 is 5.32 Å². The van der Waals surface area contributed by atoms with E-state index in [2.05, 4.69) is 5.32 Å². The lowest BCUT2D eigenvalue weighted by Crippen LogP contribution is -2.52. The van der Waals surface area contributed by atoms with Gasteiger partial charge in [0.15, 0.2) is 0 Å². The van der Waals surface area contributed by atoms with Crippen molar-refractivity contribution >= 4 is 35.6 Å². The number of ether oxygens (including phenoxy) is 1. The van der Waals surface area contributed by atoms with Crippen LogP contribution in [0.25, 0.3) is 0 Å². The quantitative estimate of drug-likeness (QED) is 0.868. The van der Waals surface area contributed by atoms with E-state index in [1.54, 1.807) is 0 Å². The molecule has 23 heavy (non-hydrogen) atoms. The molecule has 0 aromatic carbocycles. The molecule has 2 fully saturated rings. The first-order valence-electron chi connectivity index (χ1n) is 7.64. The molecule has 0 spiro atoms. The van der Waals surface area contributed by atoms with Crippen molar-refractivity contribution in [1.29, 1.82) is 0 Å². The molecule has 1 N–H and O–H groups in total. The van der Waals surface area contributed by atoms with E-state index in [1.807, 2.05) is 26.6 Å². The molecule has 2 saturated heterocycles. The van der Waals surface area contributed by atoms with E-state index in [0.717, 1.165) is 12.1 Å². The molecule has 1 unspecified atom stereocenters. The fraction of sp³-hybridized carbons (Fsp3) is 0.600. The highest BCUT2D eigenvalue weighted by atomic mass is 35.5. The zero-order valence-corrected chi connectivity index (χ0v) is 14.5. The summed E-state index contributed by atoms with van der Waals surface area (Å²) in [6.07, 6.45) is 0.471. The van der Waals surface area contributed by atoms with Crippen molar-refractivity contribution in [3.05, 3.63) is 22.4 Å². The third kappa shape index (κ3) is 4.67. The highest BCUT2D eigenvalue weighted by Crippen LogP contribution is 2.13. The molecular weight excluding hydrogens is 338 g/mol. The van der Waals surface area contributed by atoms with Gasteiger partial charge in [-0.25, -0.2) is 0 Å². The molecule has 1 atom stereocenters. The molecule has 6 nitrogen and oxygen atoms in total. The predicted octanol–water partition coefficient (Wildman–Crippen LogP) is 0.833. The lowest BCUT2D eigenvalue weighted by molar-refractivity contribution is -0.133. The summed E-state index contributed by atoms with van der Waals surface area (Å²) in [6.45, 7) is 4.56. The van der Waals surface area contributed by atoms with Crippen molar-refractivity contribution in [3.63, 3.8) is 0 Å². The molecule has 2 aliphatic rings. The molecule has 1 aromatic rings. The van der Waals surface area contributed by atoms with Gasteiger partial charge < -0.3 is 19.9 Å². The van der Waals surface area contributed by atoms with Gasteiger partial charge in [0.05, 0.1) is 18.8 Å². The summed E-state index contributed by atoms with van der Waals surface area (Å²) >= 11 is 1.53. The van der Waals surface area contributed by atoms with Gasteiger partial charge in [0, 0.05) is 50.6 Å². The fourth-order valence-electron chi connectivity index (χ4n) is 2.82. The molecule has 0 aliphatic carbocycles. The molecule has 2 aliphatic heterocycles. The molecule has 0 saturated carbocycles. The van der Waals surface area contributed by atoms with Gasteiger partial charge >= 0.3 is 0 Å². The van der Waals surface area contributed by atoms with Crippen molar-refractivity contribution in [3.8, 4) is 0 Å². The largest absolute Gasteiger partial charge is 0.378 e. The van der Waals surface area contributed by atoms with Crippen LogP contribution in [0.4, 0.5) is 0 Å². The van der Waals surface area contributed by atoms with Crippen LogP contribution in [0.15, 0.2) is 16.8 Å². The first-order valence-corrected chi connectivity index (χ1v) is 8.58. The van der Waals surface area contributed by atoms with Crippen LogP contribution >= 0.6 is 23.7 Å². The number of piperazine rings is 1. The monoisotopic (exact) mass is 359 g/mol. The minimum absolute atomic E-state index is 0. The van der Waals surface area contributed by atoms with E-state index >= 15 is 0 Å². The van der Waals surface area contributed by atoms with Crippen LogP contribution in [0.1, 0.15) is 16.8 Å². The predicted molar refractivity (Wildman–Crippen MR) is 91.3 cm³/mol. The second-order valence-corrected chi connectivity index (χ2v) is 6.40. The van der Waals surface area contributed by atoms with Crippen LogP contribution in [-0.4, -0.2) is 73.6 Å². The Morgan fingerprint density at radius 3 is 2.61 bits per heavy atom. The Morgan fingerprint density at radius 2 is 2.00 bits per heavy atom. The van der Waals surface area contributed by atoms with E-state index in [9.17, 15) is 9.59 Å². The second kappa shape index (κ2) is 8.63. The number of carbonyl (C=O) groups is 2. The fourth-order valence-corrected chi connectivity index (χ4v) is 3.45. The number of hydrogen-bond acceptors (Lipinski definition) is 5. The van der Waals surface area contributed by atoms with E-state index < -0.39 is 0 Å². The Bertz CT molecular complexity index is 512. The van der Waals surface area contributed by atoms with Crippen LogP contribution in [-0.2, 0) is 9.53 Å². The summed E-state index contributed by atoms with van der Waals surface area (Å²) in [5, 5.41) is 7.08. The molecule has 1 aromatic heterocycles. The Kier molecular flexibility index (Phi) is 6.83. The van der Waals surface area contributed by atoms with Crippen LogP contribution in [0.5, 0.6) is 0 Å². The van der Waals surface area contributed by atoms with Gasteiger partial charge in [-0.3, -0.25) is 9.59 Å². The van der Waals surface area contributed by atoms with Crippen molar-refractivity contribution in [2.24, 2.45) is 0 Å². The maximum absolute atomic E-state index is 12.3. The smallest absolute Gasteiger partial charge is 0.254 e. The Labute approximate surface area is 146 Å². The number of hydrogen-bond donors (Lipinski definition) is 1. The maximum atomic E-state index is 12.3. The number of carbonyl (C=O) groups excluding carboxylic acids is 2. The normalized spacial score (nSPS) is 21.7. The maximum Gasteiger partial charge on any atom is 0.254 e. The van der Waals surface area contributed by atoms with Gasteiger partial charge in [-0.15, -0.1) is 12.4 Å². The number of amides is 2. The average Bonchev–Trinajstić information content (AvgIpc) is 3.10. The summed E-state index contributed by atoms with van der Waals surface area (Å²) in [5.74, 6) is 0.210. The summed E-state index contributed by atoms with van der Waals surface area (Å²) in [7, 11) is 0. The minimum Gasteiger partial charge on any atom is -0.378 e. The van der Waals surface area contributed by atoms with Crippen molar-refractivity contribution in [2.45, 2.75) is 12.5 Å². The minimum atomic E-state index is 0. The summed E-state index contributed by atoms with van der Waals surface area (Å²) in [5.41, 5.74) is 0.744. The molecule has 3 heterocycles. The SMILES string of the molecule is Cl.O=C(CC1COCCN1)N1CCN(C(=O)c2ccsc2)CC1. The Hall–Kier alpha value is -1.15. The van der Waals surface area contributed by atoms with Gasteiger partial charge in [0.1, 0.15) is 0 Å². The highest BCUT2D eigenvalue weighted by molar-refractivity contribution is 7.08. The van der Waals surface area contributed by atoms with Gasteiger partial charge in [-0.2, -0.15) is 11.3 Å². The summed E-state index contributed by atoms with van der Waals surface area (Å²) in [6, 6.07) is 1.96. The molecule has 0 radical (unpaired) electrons. The zero-order chi connectivity index (χ0) is 15.4. The standard InChI is InChI=1S/C15H21N3O3S.ClH/c19-14(9-13-10-21-7-2-16-13)17-3-5-18(6-4-17)15(20)12-1-8-22-11-12;/h1,8,11,13,16H,2-7,9-10H2;1H. The van der Waals surface area contributed by atoms with Gasteiger partial charge in [-0.1, -0.05) is 0 Å². The highest BCUT2D eigenvalue weighted by Gasteiger charge is 2.26. The number of thiophene rings is 1. The van der Waals surface area contributed by atoms with Gasteiger partial charge in [-0.05, 0) is 11.4 Å². The van der Waals surface area contributed by atoms with Gasteiger partial charge in [0.2, 0.25) is 5.91 Å². The summed E-state index contributed by atoms with van der Waals surface area (Å²) in [4.78, 5) is 28.2. The number of nitrogens with one attached hydrogen (secondary N) is 1. The van der Waals surface area contributed by atoms with E-state index in [0.29, 0.717) is 45.8 Å². The third-order valence-corrected chi connectivity index (χ3v) is 4.79. The van der Waals surface area contributed by atoms with E-state index in [1.165, 1.54) is 11.3 Å². The van der Waals surface area contributed by atoms with Crippen LogP contribution in [0.3, 0.4) is 0 Å². The van der Waals surface area contributed by atoms with Crippen molar-refractivity contribution in [2.75, 3.05) is 45.9 Å². The first-order chi connectivity index (χ1) is 10.7. The van der Waals surface area contributed by atoms with Crippen LogP contribution in [0.2, 0.25) is 0 Å². The van der Waals surface area contributed by atoms with Crippen molar-refractivity contribution in [1.82, 2.24) is 15.1 Å². The van der Waals surface area contributed by atoms with Gasteiger partial charge in [0.25, 0.3) is 5.91 Å². The Balaban J connectivity index is 0.00000192.